The van der Waals surface area contributed by atoms with E-state index in [0.717, 1.165) is 0 Å². The number of carbonyl (C=O) groups is 3. The first-order chi connectivity index (χ1) is 11.4. The molecule has 0 aromatic rings. The van der Waals surface area contributed by atoms with Crippen LogP contribution in [0, 0.1) is 0 Å². The van der Waals surface area contributed by atoms with Crippen molar-refractivity contribution in [3.63, 3.8) is 0 Å². The number of hydrogen-bond acceptors (Lipinski definition) is 8. The van der Waals surface area contributed by atoms with E-state index in [1.807, 2.05) is 0 Å². The van der Waals surface area contributed by atoms with Crippen LogP contribution in [0.5, 0.6) is 0 Å². The number of carbonyl (C=O) groups excluding carboxylic acids is 3. The van der Waals surface area contributed by atoms with Gasteiger partial charge in [0.1, 0.15) is 17.2 Å². The number of unbranched alkanes of at least 4 members (excludes halogenated alkanes) is 1. The fraction of sp³-hybridized carbons (Fsp3) is 0.824. The predicted octanol–water partition coefficient (Wildman–Crippen LogP) is 1.89. The Bertz CT molecular complexity index is 457. The lowest BCUT2D eigenvalue weighted by Crippen LogP contribution is -2.48. The summed E-state index contributed by atoms with van der Waals surface area (Å²) < 4.78 is 14.4. The Kier molecular flexibility index (Phi) is 9.66. The molecule has 0 amide bonds. The van der Waals surface area contributed by atoms with Crippen molar-refractivity contribution >= 4 is 18.1 Å². The zero-order chi connectivity index (χ0) is 19.7. The minimum absolute atomic E-state index is 0.312. The highest BCUT2D eigenvalue weighted by Gasteiger charge is 2.28. The molecular formula is C17H32N2O6. The standard InChI is InChI=1S/C17H32N2O6/c1-7-23-14(21)17(5,6)19-11-9-8-10-12(18)13(20)24-15(22)25-16(2,3)4/h12,19H,7-11,18H2,1-6H3/t12-/m0/s1. The van der Waals surface area contributed by atoms with Gasteiger partial charge in [-0.1, -0.05) is 6.42 Å². The van der Waals surface area contributed by atoms with Crippen molar-refractivity contribution < 1.29 is 28.6 Å². The van der Waals surface area contributed by atoms with Crippen LogP contribution in [0.1, 0.15) is 60.8 Å². The van der Waals surface area contributed by atoms with Gasteiger partial charge in [0.2, 0.25) is 0 Å². The van der Waals surface area contributed by atoms with Crippen LogP contribution in [0.4, 0.5) is 4.79 Å². The molecule has 0 saturated heterocycles. The summed E-state index contributed by atoms with van der Waals surface area (Å²) in [6.07, 6.45) is 0.654. The van der Waals surface area contributed by atoms with Crippen LogP contribution < -0.4 is 11.1 Å². The van der Waals surface area contributed by atoms with E-state index < -0.39 is 29.3 Å². The topological polar surface area (TPSA) is 117 Å². The first-order valence-electron chi connectivity index (χ1n) is 8.51. The van der Waals surface area contributed by atoms with Gasteiger partial charge in [0.25, 0.3) is 0 Å². The molecule has 0 radical (unpaired) electrons. The zero-order valence-corrected chi connectivity index (χ0v) is 16.1. The Morgan fingerprint density at radius 3 is 2.20 bits per heavy atom. The second-order valence-electron chi connectivity index (χ2n) is 7.26. The van der Waals surface area contributed by atoms with Gasteiger partial charge >= 0.3 is 18.1 Å². The number of ether oxygens (including phenoxy) is 3. The van der Waals surface area contributed by atoms with Crippen LogP contribution >= 0.6 is 0 Å². The Hall–Kier alpha value is -1.67. The lowest BCUT2D eigenvalue weighted by Gasteiger charge is -2.24. The van der Waals surface area contributed by atoms with E-state index in [-0.39, 0.29) is 5.97 Å². The molecular weight excluding hydrogens is 328 g/mol. The molecule has 146 valence electrons. The third-order valence-electron chi connectivity index (χ3n) is 3.17. The summed E-state index contributed by atoms with van der Waals surface area (Å²) in [5.41, 5.74) is 4.20. The largest absolute Gasteiger partial charge is 0.516 e. The normalized spacial score (nSPS) is 13.1. The van der Waals surface area contributed by atoms with Gasteiger partial charge in [-0.05, 0) is 60.9 Å². The zero-order valence-electron chi connectivity index (χ0n) is 16.1. The average molecular weight is 360 g/mol. The number of nitrogens with one attached hydrogen (secondary N) is 1. The van der Waals surface area contributed by atoms with E-state index in [2.05, 4.69) is 10.1 Å². The van der Waals surface area contributed by atoms with E-state index in [0.29, 0.717) is 32.4 Å². The highest BCUT2D eigenvalue weighted by molar-refractivity contribution is 5.85. The smallest absolute Gasteiger partial charge is 0.465 e. The van der Waals surface area contributed by atoms with Crippen molar-refractivity contribution in [2.24, 2.45) is 5.73 Å². The number of rotatable bonds is 9. The third kappa shape index (κ3) is 10.7. The molecule has 0 saturated carbocycles. The summed E-state index contributed by atoms with van der Waals surface area (Å²) >= 11 is 0. The summed E-state index contributed by atoms with van der Waals surface area (Å²) in [7, 11) is 0. The molecule has 25 heavy (non-hydrogen) atoms. The van der Waals surface area contributed by atoms with Crippen LogP contribution in [0.25, 0.3) is 0 Å². The molecule has 0 heterocycles. The predicted molar refractivity (Wildman–Crippen MR) is 92.9 cm³/mol. The van der Waals surface area contributed by atoms with Crippen LogP contribution in [-0.4, -0.2) is 48.4 Å². The molecule has 0 fully saturated rings. The molecule has 8 nitrogen and oxygen atoms in total. The minimum Gasteiger partial charge on any atom is -0.465 e. The van der Waals surface area contributed by atoms with Crippen LogP contribution in [0.2, 0.25) is 0 Å². The van der Waals surface area contributed by atoms with E-state index in [4.69, 9.17) is 15.2 Å². The first kappa shape index (κ1) is 23.3. The van der Waals surface area contributed by atoms with Gasteiger partial charge in [0.05, 0.1) is 6.61 Å². The molecule has 0 unspecified atom stereocenters. The maximum Gasteiger partial charge on any atom is 0.516 e. The second-order valence-corrected chi connectivity index (χ2v) is 7.26. The monoisotopic (exact) mass is 360 g/mol. The van der Waals surface area contributed by atoms with Gasteiger partial charge in [0.15, 0.2) is 0 Å². The Balaban J connectivity index is 4.03. The minimum atomic E-state index is -1.05. The van der Waals surface area contributed by atoms with Crippen LogP contribution in [0.3, 0.4) is 0 Å². The van der Waals surface area contributed by atoms with Gasteiger partial charge in [-0.25, -0.2) is 9.59 Å². The number of nitrogens with two attached hydrogens (primary N) is 1. The van der Waals surface area contributed by atoms with Crippen molar-refractivity contribution in [2.75, 3.05) is 13.2 Å². The van der Waals surface area contributed by atoms with E-state index in [1.165, 1.54) is 0 Å². The molecule has 0 bridgehead atoms. The van der Waals surface area contributed by atoms with Gasteiger partial charge in [0, 0.05) is 0 Å². The summed E-state index contributed by atoms with van der Waals surface area (Å²) in [6.45, 7) is 11.2. The van der Waals surface area contributed by atoms with Crippen molar-refractivity contribution in [3.8, 4) is 0 Å². The van der Waals surface area contributed by atoms with Gasteiger partial charge in [-0.3, -0.25) is 4.79 Å². The number of hydrogen-bond donors (Lipinski definition) is 2. The highest BCUT2D eigenvalue weighted by Crippen LogP contribution is 2.10. The highest BCUT2D eigenvalue weighted by atomic mass is 16.7. The van der Waals surface area contributed by atoms with E-state index >= 15 is 0 Å². The molecule has 1 atom stereocenters. The van der Waals surface area contributed by atoms with E-state index in [1.54, 1.807) is 41.5 Å². The lowest BCUT2D eigenvalue weighted by atomic mass is 10.1. The molecule has 0 spiro atoms. The Morgan fingerprint density at radius 2 is 1.68 bits per heavy atom. The van der Waals surface area contributed by atoms with Gasteiger partial charge in [-0.15, -0.1) is 0 Å². The molecule has 0 aliphatic rings. The first-order valence-corrected chi connectivity index (χ1v) is 8.51. The Morgan fingerprint density at radius 1 is 1.08 bits per heavy atom. The van der Waals surface area contributed by atoms with Gasteiger partial charge < -0.3 is 25.3 Å². The second kappa shape index (κ2) is 10.4. The quantitative estimate of drug-likeness (QED) is 0.364. The molecule has 8 heteroatoms. The summed E-state index contributed by atoms with van der Waals surface area (Å²) in [6, 6.07) is -0.898. The van der Waals surface area contributed by atoms with Gasteiger partial charge in [-0.2, -0.15) is 0 Å². The summed E-state index contributed by atoms with van der Waals surface area (Å²) in [4.78, 5) is 34.8. The van der Waals surface area contributed by atoms with Crippen molar-refractivity contribution in [3.05, 3.63) is 0 Å². The molecule has 0 aromatic heterocycles. The van der Waals surface area contributed by atoms with Crippen molar-refractivity contribution in [1.29, 1.82) is 0 Å². The summed E-state index contributed by atoms with van der Waals surface area (Å²) in [5.74, 6) is -1.12. The maximum absolute atomic E-state index is 11.7. The summed E-state index contributed by atoms with van der Waals surface area (Å²) in [5, 5.41) is 3.10. The van der Waals surface area contributed by atoms with Crippen molar-refractivity contribution in [2.45, 2.75) is 78.0 Å². The lowest BCUT2D eigenvalue weighted by molar-refractivity contribution is -0.149. The van der Waals surface area contributed by atoms with Crippen molar-refractivity contribution in [1.82, 2.24) is 5.32 Å². The fourth-order valence-electron chi connectivity index (χ4n) is 1.82. The Labute approximate surface area is 149 Å². The molecule has 0 aliphatic carbocycles. The number of esters is 2. The molecule has 0 rings (SSSR count). The average Bonchev–Trinajstić information content (AvgIpc) is 2.44. The van der Waals surface area contributed by atoms with E-state index in [9.17, 15) is 14.4 Å². The fourth-order valence-corrected chi connectivity index (χ4v) is 1.82. The SMILES string of the molecule is CCOC(=O)C(C)(C)NCCCC[C@H](N)C(=O)OC(=O)OC(C)(C)C. The maximum atomic E-state index is 11.7. The third-order valence-corrected chi connectivity index (χ3v) is 3.17. The molecule has 0 aliphatic heterocycles. The molecule has 3 N–H and O–H groups in total. The van der Waals surface area contributed by atoms with Crippen LogP contribution in [0.15, 0.2) is 0 Å². The van der Waals surface area contributed by atoms with Crippen LogP contribution in [-0.2, 0) is 23.8 Å². The molecule has 0 aromatic carbocycles.